The summed E-state index contributed by atoms with van der Waals surface area (Å²) in [5.74, 6) is -0.0837. The quantitative estimate of drug-likeness (QED) is 0.743. The van der Waals surface area contributed by atoms with Crippen LogP contribution in [0.3, 0.4) is 0 Å². The molecule has 2 aliphatic heterocycles. The van der Waals surface area contributed by atoms with Crippen LogP contribution in [-0.2, 0) is 14.2 Å². The van der Waals surface area contributed by atoms with Crippen molar-refractivity contribution in [2.45, 2.75) is 77.7 Å². The van der Waals surface area contributed by atoms with Crippen molar-refractivity contribution >= 4 is 0 Å². The van der Waals surface area contributed by atoms with Gasteiger partial charge < -0.3 is 14.2 Å². The van der Waals surface area contributed by atoms with Crippen LogP contribution in [0.1, 0.15) is 53.9 Å². The van der Waals surface area contributed by atoms with Gasteiger partial charge in [0.2, 0.25) is 0 Å². The van der Waals surface area contributed by atoms with Gasteiger partial charge in [-0.15, -0.1) is 0 Å². The molecule has 0 unspecified atom stereocenters. The van der Waals surface area contributed by atoms with E-state index in [1.54, 1.807) is 0 Å². The lowest BCUT2D eigenvalue weighted by Crippen LogP contribution is -2.38. The lowest BCUT2D eigenvalue weighted by atomic mass is 9.81. The van der Waals surface area contributed by atoms with E-state index in [1.165, 1.54) is 0 Å². The third-order valence-corrected chi connectivity index (χ3v) is 4.03. The van der Waals surface area contributed by atoms with E-state index in [-0.39, 0.29) is 18.0 Å². The van der Waals surface area contributed by atoms with Crippen molar-refractivity contribution in [2.24, 2.45) is 5.92 Å². The highest BCUT2D eigenvalue weighted by Gasteiger charge is 2.58. The van der Waals surface area contributed by atoms with Crippen LogP contribution < -0.4 is 0 Å². The third kappa shape index (κ3) is 1.79. The minimum Gasteiger partial charge on any atom is -0.343 e. The molecule has 0 aliphatic carbocycles. The standard InChI is InChI=1S/C13H24O3/c1-6-8-13(7-2)9(3)10-11(16-13)15-12(4,5)14-10/h9-11H,6-8H2,1-5H3/t9-,10+,11-,13-/m0/s1. The Balaban J connectivity index is 2.14. The second-order valence-corrected chi connectivity index (χ2v) is 5.54. The number of hydrogen-bond donors (Lipinski definition) is 0. The predicted octanol–water partition coefficient (Wildman–Crippen LogP) is 3.08. The van der Waals surface area contributed by atoms with E-state index in [0.29, 0.717) is 5.92 Å². The Hall–Kier alpha value is -0.120. The van der Waals surface area contributed by atoms with Gasteiger partial charge in [0, 0.05) is 5.92 Å². The van der Waals surface area contributed by atoms with Crippen LogP contribution in [0.25, 0.3) is 0 Å². The minimum absolute atomic E-state index is 0.0411. The molecule has 2 fully saturated rings. The Morgan fingerprint density at radius 3 is 2.25 bits per heavy atom. The summed E-state index contributed by atoms with van der Waals surface area (Å²) in [5.41, 5.74) is -0.0411. The molecule has 94 valence electrons. The Bertz CT molecular complexity index is 264. The molecule has 16 heavy (non-hydrogen) atoms. The molecule has 3 nitrogen and oxygen atoms in total. The van der Waals surface area contributed by atoms with Crippen molar-refractivity contribution in [1.29, 1.82) is 0 Å². The zero-order chi connectivity index (χ0) is 12.0. The summed E-state index contributed by atoms with van der Waals surface area (Å²) in [6.07, 6.45) is 3.19. The molecule has 0 spiro atoms. The Morgan fingerprint density at radius 2 is 1.75 bits per heavy atom. The summed E-state index contributed by atoms with van der Waals surface area (Å²) in [6, 6.07) is 0. The van der Waals surface area contributed by atoms with Crippen LogP contribution in [0.2, 0.25) is 0 Å². The monoisotopic (exact) mass is 228 g/mol. The van der Waals surface area contributed by atoms with Crippen molar-refractivity contribution in [3.8, 4) is 0 Å². The van der Waals surface area contributed by atoms with Gasteiger partial charge in [0.05, 0.1) is 5.60 Å². The van der Waals surface area contributed by atoms with Gasteiger partial charge in [0.25, 0.3) is 0 Å². The average molecular weight is 228 g/mol. The first-order valence-electron chi connectivity index (χ1n) is 6.47. The predicted molar refractivity (Wildman–Crippen MR) is 62.0 cm³/mol. The molecule has 0 radical (unpaired) electrons. The maximum atomic E-state index is 6.16. The largest absolute Gasteiger partial charge is 0.343 e. The van der Waals surface area contributed by atoms with E-state index in [9.17, 15) is 0 Å². The van der Waals surface area contributed by atoms with Gasteiger partial charge in [-0.25, -0.2) is 0 Å². The number of ether oxygens (including phenoxy) is 3. The Morgan fingerprint density at radius 1 is 1.06 bits per heavy atom. The highest BCUT2D eigenvalue weighted by Crippen LogP contribution is 2.48. The molecular weight excluding hydrogens is 204 g/mol. The Labute approximate surface area is 98.4 Å². The van der Waals surface area contributed by atoms with Gasteiger partial charge in [-0.3, -0.25) is 0 Å². The van der Waals surface area contributed by atoms with Gasteiger partial charge in [0.15, 0.2) is 12.1 Å². The van der Waals surface area contributed by atoms with Gasteiger partial charge >= 0.3 is 0 Å². The molecule has 4 atom stereocenters. The van der Waals surface area contributed by atoms with Crippen molar-refractivity contribution in [3.63, 3.8) is 0 Å². The van der Waals surface area contributed by atoms with E-state index in [1.807, 2.05) is 13.8 Å². The molecule has 3 heteroatoms. The summed E-state index contributed by atoms with van der Waals surface area (Å²) in [7, 11) is 0. The Kier molecular flexibility index (Phi) is 3.06. The van der Waals surface area contributed by atoms with Gasteiger partial charge in [0.1, 0.15) is 6.10 Å². The van der Waals surface area contributed by atoms with Gasteiger partial charge in [-0.1, -0.05) is 27.2 Å². The maximum absolute atomic E-state index is 6.16. The fraction of sp³-hybridized carbons (Fsp3) is 1.00. The third-order valence-electron chi connectivity index (χ3n) is 4.03. The molecule has 0 bridgehead atoms. The zero-order valence-corrected chi connectivity index (χ0v) is 11.1. The summed E-state index contributed by atoms with van der Waals surface area (Å²) in [5, 5.41) is 0. The molecule has 0 aromatic rings. The molecule has 0 aromatic heterocycles. The SMILES string of the molecule is CCC[C@]1(CC)O[C@@H]2OC(C)(C)O[C@@H]2[C@@H]1C. The molecule has 0 saturated carbocycles. The molecule has 2 heterocycles. The van der Waals surface area contributed by atoms with Crippen molar-refractivity contribution in [3.05, 3.63) is 0 Å². The second kappa shape index (κ2) is 3.97. The molecule has 0 amide bonds. The van der Waals surface area contributed by atoms with Crippen LogP contribution >= 0.6 is 0 Å². The van der Waals surface area contributed by atoms with Gasteiger partial charge in [-0.05, 0) is 26.7 Å². The number of fused-ring (bicyclic) bond motifs is 1. The fourth-order valence-corrected chi connectivity index (χ4v) is 3.12. The van der Waals surface area contributed by atoms with Crippen LogP contribution in [0.15, 0.2) is 0 Å². The van der Waals surface area contributed by atoms with Crippen LogP contribution in [0.4, 0.5) is 0 Å². The van der Waals surface area contributed by atoms with E-state index in [2.05, 4.69) is 20.8 Å². The second-order valence-electron chi connectivity index (χ2n) is 5.54. The molecular formula is C13H24O3. The first-order valence-corrected chi connectivity index (χ1v) is 6.47. The summed E-state index contributed by atoms with van der Waals surface area (Å²) in [4.78, 5) is 0. The van der Waals surface area contributed by atoms with Gasteiger partial charge in [-0.2, -0.15) is 0 Å². The summed E-state index contributed by atoms with van der Waals surface area (Å²) >= 11 is 0. The normalized spacial score (nSPS) is 45.9. The zero-order valence-electron chi connectivity index (χ0n) is 11.1. The van der Waals surface area contributed by atoms with E-state index in [4.69, 9.17) is 14.2 Å². The van der Waals surface area contributed by atoms with Crippen LogP contribution in [0.5, 0.6) is 0 Å². The topological polar surface area (TPSA) is 27.7 Å². The number of rotatable bonds is 3. The van der Waals surface area contributed by atoms with Crippen LogP contribution in [-0.4, -0.2) is 23.8 Å². The summed E-state index contributed by atoms with van der Waals surface area (Å²) in [6.45, 7) is 10.5. The van der Waals surface area contributed by atoms with E-state index < -0.39 is 5.79 Å². The molecule has 2 saturated heterocycles. The van der Waals surface area contributed by atoms with Crippen molar-refractivity contribution < 1.29 is 14.2 Å². The lowest BCUT2D eigenvalue weighted by Gasteiger charge is -2.34. The highest BCUT2D eigenvalue weighted by atomic mass is 16.8. The lowest BCUT2D eigenvalue weighted by molar-refractivity contribution is -0.233. The van der Waals surface area contributed by atoms with Crippen LogP contribution in [0, 0.1) is 5.92 Å². The molecule has 2 rings (SSSR count). The average Bonchev–Trinajstić information content (AvgIpc) is 2.62. The summed E-state index contributed by atoms with van der Waals surface area (Å²) < 4.78 is 17.9. The van der Waals surface area contributed by atoms with E-state index in [0.717, 1.165) is 19.3 Å². The fourth-order valence-electron chi connectivity index (χ4n) is 3.12. The van der Waals surface area contributed by atoms with Crippen molar-refractivity contribution in [2.75, 3.05) is 0 Å². The minimum atomic E-state index is -0.490. The molecule has 2 aliphatic rings. The number of hydrogen-bond acceptors (Lipinski definition) is 3. The molecule has 0 aromatic carbocycles. The smallest absolute Gasteiger partial charge is 0.188 e. The first-order chi connectivity index (χ1) is 7.44. The maximum Gasteiger partial charge on any atom is 0.188 e. The van der Waals surface area contributed by atoms with Crippen molar-refractivity contribution in [1.82, 2.24) is 0 Å². The first kappa shape index (κ1) is 12.3. The molecule has 0 N–H and O–H groups in total. The van der Waals surface area contributed by atoms with E-state index >= 15 is 0 Å². The highest BCUT2D eigenvalue weighted by molar-refractivity contribution is 4.99.